The zero-order valence-corrected chi connectivity index (χ0v) is 9.50. The minimum Gasteiger partial charge on any atom is -0.444 e. The second kappa shape index (κ2) is 5.15. The summed E-state index contributed by atoms with van der Waals surface area (Å²) in [7, 11) is 0. The summed E-state index contributed by atoms with van der Waals surface area (Å²) in [6.45, 7) is 9.44. The van der Waals surface area contributed by atoms with Crippen LogP contribution in [-0.2, 0) is 0 Å². The molecule has 2 unspecified atom stereocenters. The van der Waals surface area contributed by atoms with Gasteiger partial charge in [0.15, 0.2) is 0 Å². The van der Waals surface area contributed by atoms with Gasteiger partial charge in [0.25, 0.3) is 0 Å². The molecule has 0 aliphatic rings. The third-order valence-corrected chi connectivity index (χ3v) is 2.48. The summed E-state index contributed by atoms with van der Waals surface area (Å²) in [6.07, 6.45) is 2.96. The van der Waals surface area contributed by atoms with E-state index in [4.69, 9.17) is 4.42 Å². The van der Waals surface area contributed by atoms with Gasteiger partial charge in [-0.25, -0.2) is 4.98 Å². The smallest absolute Gasteiger partial charge is 0.211 e. The molecule has 0 aromatic carbocycles. The maximum Gasteiger partial charge on any atom is 0.211 e. The molecular weight excluding hydrogens is 176 g/mol. The van der Waals surface area contributed by atoms with Crippen LogP contribution in [-0.4, -0.2) is 11.5 Å². The van der Waals surface area contributed by atoms with Crippen molar-refractivity contribution >= 4 is 0 Å². The van der Waals surface area contributed by atoms with Crippen LogP contribution < -0.4 is 5.32 Å². The first kappa shape index (κ1) is 11.2. The Labute approximate surface area is 85.9 Å². The normalized spacial score (nSPS) is 15.4. The van der Waals surface area contributed by atoms with E-state index in [2.05, 4.69) is 31.1 Å². The van der Waals surface area contributed by atoms with Gasteiger partial charge in [0.1, 0.15) is 5.76 Å². The Kier molecular flexibility index (Phi) is 4.14. The number of nitrogens with zero attached hydrogens (tertiary/aromatic N) is 1. The average molecular weight is 196 g/mol. The van der Waals surface area contributed by atoms with Crippen LogP contribution in [0, 0.1) is 12.8 Å². The largest absolute Gasteiger partial charge is 0.444 e. The molecule has 1 aromatic heterocycles. The number of aromatic nitrogens is 1. The Bertz CT molecular complexity index is 270. The highest BCUT2D eigenvalue weighted by molar-refractivity contribution is 4.94. The molecular formula is C11H20N2O. The summed E-state index contributed by atoms with van der Waals surface area (Å²) in [4.78, 5) is 4.19. The zero-order valence-electron chi connectivity index (χ0n) is 9.50. The lowest BCUT2D eigenvalue weighted by Crippen LogP contribution is -2.24. The maximum absolute atomic E-state index is 5.44. The lowest BCUT2D eigenvalue weighted by Gasteiger charge is -2.13. The van der Waals surface area contributed by atoms with Crippen molar-refractivity contribution in [3.63, 3.8) is 0 Å². The lowest BCUT2D eigenvalue weighted by atomic mass is 10.1. The van der Waals surface area contributed by atoms with E-state index in [9.17, 15) is 0 Å². The fourth-order valence-corrected chi connectivity index (χ4v) is 1.18. The molecule has 0 saturated carbocycles. The summed E-state index contributed by atoms with van der Waals surface area (Å²) in [5, 5.41) is 3.41. The van der Waals surface area contributed by atoms with Crippen LogP contribution in [0.4, 0.5) is 0 Å². The van der Waals surface area contributed by atoms with Crippen molar-refractivity contribution in [1.29, 1.82) is 0 Å². The van der Waals surface area contributed by atoms with Gasteiger partial charge in [-0.1, -0.05) is 20.3 Å². The van der Waals surface area contributed by atoms with E-state index in [-0.39, 0.29) is 6.04 Å². The number of rotatable bonds is 5. The molecule has 0 aliphatic carbocycles. The van der Waals surface area contributed by atoms with Gasteiger partial charge in [0.05, 0.1) is 12.2 Å². The first-order valence-electron chi connectivity index (χ1n) is 5.29. The second-order valence-electron chi connectivity index (χ2n) is 3.95. The molecule has 3 heteroatoms. The van der Waals surface area contributed by atoms with E-state index in [0.29, 0.717) is 5.92 Å². The van der Waals surface area contributed by atoms with Gasteiger partial charge in [-0.3, -0.25) is 0 Å². The number of hydrogen-bond donors (Lipinski definition) is 1. The molecule has 0 amide bonds. The highest BCUT2D eigenvalue weighted by Gasteiger charge is 2.11. The van der Waals surface area contributed by atoms with Crippen LogP contribution in [0.3, 0.4) is 0 Å². The molecule has 80 valence electrons. The highest BCUT2D eigenvalue weighted by Crippen LogP contribution is 2.12. The van der Waals surface area contributed by atoms with Crippen LogP contribution in [0.15, 0.2) is 10.6 Å². The number of nitrogens with one attached hydrogen (secondary N) is 1. The topological polar surface area (TPSA) is 38.1 Å². The molecule has 1 N–H and O–H groups in total. The summed E-state index contributed by atoms with van der Waals surface area (Å²) < 4.78 is 5.44. The highest BCUT2D eigenvalue weighted by atomic mass is 16.4. The summed E-state index contributed by atoms with van der Waals surface area (Å²) in [6, 6.07) is 0.206. The van der Waals surface area contributed by atoms with Gasteiger partial charge in [0, 0.05) is 0 Å². The molecule has 14 heavy (non-hydrogen) atoms. The van der Waals surface area contributed by atoms with E-state index in [1.54, 1.807) is 6.20 Å². The summed E-state index contributed by atoms with van der Waals surface area (Å²) >= 11 is 0. The average Bonchev–Trinajstić information content (AvgIpc) is 2.60. The number of hydrogen-bond acceptors (Lipinski definition) is 3. The molecule has 1 heterocycles. The molecule has 3 nitrogen and oxygen atoms in total. The van der Waals surface area contributed by atoms with Crippen LogP contribution in [0.25, 0.3) is 0 Å². The molecule has 0 radical (unpaired) electrons. The fraction of sp³-hybridized carbons (Fsp3) is 0.727. The molecule has 1 aromatic rings. The number of aryl methyl sites for hydroxylation is 1. The first-order chi connectivity index (χ1) is 6.63. The van der Waals surface area contributed by atoms with E-state index >= 15 is 0 Å². The Hall–Kier alpha value is -0.830. The number of oxazole rings is 1. The molecule has 0 aliphatic heterocycles. The van der Waals surface area contributed by atoms with Crippen LogP contribution >= 0.6 is 0 Å². The van der Waals surface area contributed by atoms with Crippen molar-refractivity contribution in [1.82, 2.24) is 10.3 Å². The van der Waals surface area contributed by atoms with Crippen molar-refractivity contribution < 1.29 is 4.42 Å². The third-order valence-electron chi connectivity index (χ3n) is 2.48. The molecule has 2 atom stereocenters. The third kappa shape index (κ3) is 3.14. The molecule has 1 rings (SSSR count). The molecule has 0 fully saturated rings. The van der Waals surface area contributed by atoms with Gasteiger partial charge in [0.2, 0.25) is 5.89 Å². The van der Waals surface area contributed by atoms with E-state index in [0.717, 1.165) is 18.2 Å². The van der Waals surface area contributed by atoms with Gasteiger partial charge in [-0.2, -0.15) is 0 Å². The Balaban J connectivity index is 2.39. The predicted molar refractivity (Wildman–Crippen MR) is 57.1 cm³/mol. The van der Waals surface area contributed by atoms with Gasteiger partial charge >= 0.3 is 0 Å². The maximum atomic E-state index is 5.44. The lowest BCUT2D eigenvalue weighted by molar-refractivity contribution is 0.380. The van der Waals surface area contributed by atoms with Crippen molar-refractivity contribution in [2.75, 3.05) is 6.54 Å². The zero-order chi connectivity index (χ0) is 10.6. The molecule has 0 saturated heterocycles. The minimum absolute atomic E-state index is 0.206. The second-order valence-corrected chi connectivity index (χ2v) is 3.95. The Morgan fingerprint density at radius 2 is 2.21 bits per heavy atom. The van der Waals surface area contributed by atoms with Crippen molar-refractivity contribution in [3.05, 3.63) is 17.8 Å². The van der Waals surface area contributed by atoms with E-state index < -0.39 is 0 Å². The molecule has 0 bridgehead atoms. The van der Waals surface area contributed by atoms with Gasteiger partial charge in [-0.15, -0.1) is 0 Å². The SMILES string of the molecule is CCC(C)CNC(C)c1ncc(C)o1. The quantitative estimate of drug-likeness (QED) is 0.786. The standard InChI is InChI=1S/C11H20N2O/c1-5-8(2)6-12-10(4)11-13-7-9(3)14-11/h7-8,10,12H,5-6H2,1-4H3. The van der Waals surface area contributed by atoms with Crippen LogP contribution in [0.5, 0.6) is 0 Å². The van der Waals surface area contributed by atoms with Crippen molar-refractivity contribution in [3.8, 4) is 0 Å². The minimum atomic E-state index is 0.206. The van der Waals surface area contributed by atoms with Crippen molar-refractivity contribution in [2.24, 2.45) is 5.92 Å². The van der Waals surface area contributed by atoms with Crippen LogP contribution in [0.1, 0.15) is 44.9 Å². The summed E-state index contributed by atoms with van der Waals surface area (Å²) in [5.41, 5.74) is 0. The van der Waals surface area contributed by atoms with Crippen LogP contribution in [0.2, 0.25) is 0 Å². The van der Waals surface area contributed by atoms with E-state index in [1.165, 1.54) is 6.42 Å². The summed E-state index contributed by atoms with van der Waals surface area (Å²) in [5.74, 6) is 2.36. The van der Waals surface area contributed by atoms with Gasteiger partial charge < -0.3 is 9.73 Å². The Morgan fingerprint density at radius 3 is 2.71 bits per heavy atom. The van der Waals surface area contributed by atoms with E-state index in [1.807, 2.05) is 6.92 Å². The first-order valence-corrected chi connectivity index (χ1v) is 5.29. The Morgan fingerprint density at radius 1 is 1.50 bits per heavy atom. The predicted octanol–water partition coefficient (Wildman–Crippen LogP) is 2.68. The van der Waals surface area contributed by atoms with Crippen molar-refractivity contribution in [2.45, 2.75) is 40.2 Å². The fourth-order valence-electron chi connectivity index (χ4n) is 1.18. The molecule has 0 spiro atoms. The van der Waals surface area contributed by atoms with Gasteiger partial charge in [-0.05, 0) is 26.3 Å². The monoisotopic (exact) mass is 196 g/mol.